The van der Waals surface area contributed by atoms with Gasteiger partial charge in [0.2, 0.25) is 0 Å². The highest BCUT2D eigenvalue weighted by atomic mass is 32.2. The molecule has 5 nitrogen and oxygen atoms in total. The molecule has 0 radical (unpaired) electrons. The first-order chi connectivity index (χ1) is 12.5. The summed E-state index contributed by atoms with van der Waals surface area (Å²) in [5.74, 6) is 0.670. The molecule has 0 N–H and O–H groups in total. The first-order valence-corrected chi connectivity index (χ1v) is 9.57. The topological polar surface area (TPSA) is 59.5 Å². The predicted octanol–water partition coefficient (Wildman–Crippen LogP) is 3.79. The number of nitrogens with zero attached hydrogens (tertiary/aromatic N) is 2. The molecule has 0 aliphatic heterocycles. The van der Waals surface area contributed by atoms with Crippen LogP contribution in [0, 0.1) is 6.92 Å². The van der Waals surface area contributed by atoms with Crippen LogP contribution >= 0.6 is 0 Å². The molecule has 0 spiro atoms. The van der Waals surface area contributed by atoms with Gasteiger partial charge in [0.1, 0.15) is 5.75 Å². The molecule has 0 bridgehead atoms. The lowest BCUT2D eigenvalue weighted by Gasteiger charge is -2.25. The highest BCUT2D eigenvalue weighted by Crippen LogP contribution is 2.28. The van der Waals surface area contributed by atoms with E-state index in [2.05, 4.69) is 4.98 Å². The van der Waals surface area contributed by atoms with Gasteiger partial charge in [-0.3, -0.25) is 9.29 Å². The molecule has 3 rings (SSSR count). The zero-order chi connectivity index (χ0) is 18.6. The molecule has 0 saturated heterocycles. The summed E-state index contributed by atoms with van der Waals surface area (Å²) in [6, 6.07) is 17.6. The summed E-state index contributed by atoms with van der Waals surface area (Å²) >= 11 is 0. The molecule has 0 atom stereocenters. The lowest BCUT2D eigenvalue weighted by Crippen LogP contribution is -2.31. The van der Waals surface area contributed by atoms with E-state index in [1.54, 1.807) is 75.0 Å². The van der Waals surface area contributed by atoms with Gasteiger partial charge in [-0.1, -0.05) is 24.3 Å². The minimum absolute atomic E-state index is 0.191. The largest absolute Gasteiger partial charge is 0.497 e. The Morgan fingerprint density at radius 1 is 1.00 bits per heavy atom. The zero-order valence-corrected chi connectivity index (χ0v) is 15.5. The number of sulfonamides is 1. The maximum absolute atomic E-state index is 13.4. The molecule has 26 heavy (non-hydrogen) atoms. The fraction of sp³-hybridized carbons (Fsp3) is 0.150. The third-order valence-electron chi connectivity index (χ3n) is 4.07. The van der Waals surface area contributed by atoms with Gasteiger partial charge >= 0.3 is 0 Å². The summed E-state index contributed by atoms with van der Waals surface area (Å²) in [6.45, 7) is 1.99. The molecule has 0 saturated carbocycles. The first kappa shape index (κ1) is 17.9. The highest BCUT2D eigenvalue weighted by Gasteiger charge is 2.26. The van der Waals surface area contributed by atoms with Crippen LogP contribution < -0.4 is 9.04 Å². The van der Waals surface area contributed by atoms with Crippen LogP contribution in [0.5, 0.6) is 5.75 Å². The van der Waals surface area contributed by atoms with Crippen molar-refractivity contribution in [3.05, 3.63) is 84.2 Å². The summed E-state index contributed by atoms with van der Waals surface area (Å²) in [7, 11) is -2.16. The molecule has 6 heteroatoms. The molecule has 0 unspecified atom stereocenters. The monoisotopic (exact) mass is 368 g/mol. The number of ether oxygens (including phenoxy) is 1. The maximum Gasteiger partial charge on any atom is 0.264 e. The Kier molecular flexibility index (Phi) is 5.23. The van der Waals surface area contributed by atoms with Gasteiger partial charge in [-0.15, -0.1) is 0 Å². The van der Waals surface area contributed by atoms with E-state index in [0.29, 0.717) is 21.9 Å². The summed E-state index contributed by atoms with van der Waals surface area (Å²) < 4.78 is 33.3. The fourth-order valence-corrected chi connectivity index (χ4v) is 4.37. The van der Waals surface area contributed by atoms with Crippen molar-refractivity contribution in [2.45, 2.75) is 18.4 Å². The van der Waals surface area contributed by atoms with Gasteiger partial charge in [0, 0.05) is 12.4 Å². The van der Waals surface area contributed by atoms with E-state index in [1.807, 2.05) is 12.1 Å². The SMILES string of the molecule is COc1ccc(N(Cc2cccnc2)S(=O)(=O)c2ccccc2C)cc1. The molecule has 1 heterocycles. The Morgan fingerprint density at radius 2 is 1.73 bits per heavy atom. The normalized spacial score (nSPS) is 11.2. The van der Waals surface area contributed by atoms with Gasteiger partial charge in [0.25, 0.3) is 10.0 Å². The van der Waals surface area contributed by atoms with Gasteiger partial charge in [0.15, 0.2) is 0 Å². The van der Waals surface area contributed by atoms with E-state index in [0.717, 1.165) is 5.56 Å². The van der Waals surface area contributed by atoms with Gasteiger partial charge < -0.3 is 4.74 Å². The average Bonchev–Trinajstić information content (AvgIpc) is 2.67. The van der Waals surface area contributed by atoms with Crippen molar-refractivity contribution >= 4 is 15.7 Å². The number of aromatic nitrogens is 1. The average molecular weight is 368 g/mol. The van der Waals surface area contributed by atoms with Crippen LogP contribution in [0.2, 0.25) is 0 Å². The van der Waals surface area contributed by atoms with E-state index >= 15 is 0 Å². The molecule has 0 aliphatic carbocycles. The Balaban J connectivity index is 2.08. The Hall–Kier alpha value is -2.86. The lowest BCUT2D eigenvalue weighted by atomic mass is 10.2. The number of benzene rings is 2. The second kappa shape index (κ2) is 7.58. The van der Waals surface area contributed by atoms with Crippen LogP contribution in [-0.4, -0.2) is 20.5 Å². The van der Waals surface area contributed by atoms with Crippen LogP contribution in [0.1, 0.15) is 11.1 Å². The van der Waals surface area contributed by atoms with Crippen molar-refractivity contribution in [1.82, 2.24) is 4.98 Å². The summed E-state index contributed by atoms with van der Waals surface area (Å²) in [5, 5.41) is 0. The predicted molar refractivity (Wildman–Crippen MR) is 102 cm³/mol. The summed E-state index contributed by atoms with van der Waals surface area (Å²) in [6.07, 6.45) is 3.33. The van der Waals surface area contributed by atoms with E-state index in [1.165, 1.54) is 4.31 Å². The smallest absolute Gasteiger partial charge is 0.264 e. The Bertz CT molecular complexity index is 971. The number of hydrogen-bond acceptors (Lipinski definition) is 4. The molecule has 0 fully saturated rings. The molecule has 3 aromatic rings. The number of methoxy groups -OCH3 is 1. The highest BCUT2D eigenvalue weighted by molar-refractivity contribution is 7.92. The van der Waals surface area contributed by atoms with Crippen LogP contribution in [-0.2, 0) is 16.6 Å². The molecule has 0 amide bonds. The Morgan fingerprint density at radius 3 is 2.35 bits per heavy atom. The van der Waals surface area contributed by atoms with Crippen molar-refractivity contribution in [3.63, 3.8) is 0 Å². The third-order valence-corrected chi connectivity index (χ3v) is 6.01. The summed E-state index contributed by atoms with van der Waals surface area (Å²) in [5.41, 5.74) is 2.08. The molecule has 134 valence electrons. The van der Waals surface area contributed by atoms with Crippen LogP contribution in [0.3, 0.4) is 0 Å². The maximum atomic E-state index is 13.4. The van der Waals surface area contributed by atoms with E-state index in [4.69, 9.17) is 4.74 Å². The van der Waals surface area contributed by atoms with Gasteiger partial charge in [-0.05, 0) is 54.4 Å². The summed E-state index contributed by atoms with van der Waals surface area (Å²) in [4.78, 5) is 4.38. The van der Waals surface area contributed by atoms with E-state index in [-0.39, 0.29) is 6.54 Å². The van der Waals surface area contributed by atoms with Gasteiger partial charge in [-0.2, -0.15) is 0 Å². The van der Waals surface area contributed by atoms with Gasteiger partial charge in [-0.25, -0.2) is 8.42 Å². The number of rotatable bonds is 6. The molecular formula is C20H20N2O3S. The fourth-order valence-electron chi connectivity index (χ4n) is 2.69. The van der Waals surface area contributed by atoms with Gasteiger partial charge in [0.05, 0.1) is 24.2 Å². The van der Waals surface area contributed by atoms with Crippen molar-refractivity contribution in [2.75, 3.05) is 11.4 Å². The third kappa shape index (κ3) is 3.70. The molecular weight excluding hydrogens is 348 g/mol. The second-order valence-corrected chi connectivity index (χ2v) is 7.67. The van der Waals surface area contributed by atoms with Crippen molar-refractivity contribution in [2.24, 2.45) is 0 Å². The molecule has 0 aliphatic rings. The molecule has 1 aromatic heterocycles. The molecule has 2 aromatic carbocycles. The number of anilines is 1. The number of hydrogen-bond donors (Lipinski definition) is 0. The number of pyridine rings is 1. The van der Waals surface area contributed by atoms with Crippen molar-refractivity contribution in [1.29, 1.82) is 0 Å². The quantitative estimate of drug-likeness (QED) is 0.664. The van der Waals surface area contributed by atoms with Crippen molar-refractivity contribution in [3.8, 4) is 5.75 Å². The van der Waals surface area contributed by atoms with E-state index in [9.17, 15) is 8.42 Å². The zero-order valence-electron chi connectivity index (χ0n) is 14.7. The standard InChI is InChI=1S/C20H20N2O3S/c1-16-6-3-4-8-20(16)26(23,24)22(15-17-7-5-13-21-14-17)18-9-11-19(25-2)12-10-18/h3-14H,15H2,1-2H3. The Labute approximate surface area is 153 Å². The van der Waals surface area contributed by atoms with Crippen molar-refractivity contribution < 1.29 is 13.2 Å². The lowest BCUT2D eigenvalue weighted by molar-refractivity contribution is 0.415. The minimum Gasteiger partial charge on any atom is -0.497 e. The van der Waals surface area contributed by atoms with E-state index < -0.39 is 10.0 Å². The minimum atomic E-state index is -3.74. The first-order valence-electron chi connectivity index (χ1n) is 8.13. The number of aryl methyl sites for hydroxylation is 1. The van der Waals surface area contributed by atoms with Crippen LogP contribution in [0.15, 0.2) is 78.0 Å². The van der Waals surface area contributed by atoms with Crippen LogP contribution in [0.25, 0.3) is 0 Å². The second-order valence-electron chi connectivity index (χ2n) is 5.84. The van der Waals surface area contributed by atoms with Crippen LogP contribution in [0.4, 0.5) is 5.69 Å².